The van der Waals surface area contributed by atoms with Crippen molar-refractivity contribution in [2.75, 3.05) is 26.7 Å². The van der Waals surface area contributed by atoms with Crippen LogP contribution in [0.1, 0.15) is 24.0 Å². The summed E-state index contributed by atoms with van der Waals surface area (Å²) in [6.45, 7) is 5.32. The Morgan fingerprint density at radius 2 is 2.04 bits per heavy atom. The second kappa shape index (κ2) is 8.52. The lowest BCUT2D eigenvalue weighted by Crippen LogP contribution is -2.38. The molecule has 1 saturated heterocycles. The van der Waals surface area contributed by atoms with Gasteiger partial charge in [-0.05, 0) is 84.9 Å². The fourth-order valence-corrected chi connectivity index (χ4v) is 5.35. The maximum Gasteiger partial charge on any atom is 0.240 e. The molecular formula is C19H26N2O3S2. The zero-order chi connectivity index (χ0) is 18.6. The van der Waals surface area contributed by atoms with Crippen molar-refractivity contribution in [3.8, 4) is 5.75 Å². The highest BCUT2D eigenvalue weighted by molar-refractivity contribution is 7.89. The molecule has 0 radical (unpaired) electrons. The van der Waals surface area contributed by atoms with Crippen LogP contribution in [-0.4, -0.2) is 40.1 Å². The minimum absolute atomic E-state index is 0.327. The number of likely N-dealkylation sites (tertiary alicyclic amines) is 1. The molecule has 5 nitrogen and oxygen atoms in total. The molecule has 0 amide bonds. The molecular weight excluding hydrogens is 368 g/mol. The summed E-state index contributed by atoms with van der Waals surface area (Å²) >= 11 is 1.73. The summed E-state index contributed by atoms with van der Waals surface area (Å²) in [5.74, 6) is 1.06. The van der Waals surface area contributed by atoms with Gasteiger partial charge >= 0.3 is 0 Å². The van der Waals surface area contributed by atoms with Crippen LogP contribution in [0.5, 0.6) is 5.75 Å². The van der Waals surface area contributed by atoms with Crippen molar-refractivity contribution < 1.29 is 13.2 Å². The lowest BCUT2D eigenvalue weighted by molar-refractivity contribution is 0.179. The first-order valence-electron chi connectivity index (χ1n) is 8.85. The van der Waals surface area contributed by atoms with E-state index in [9.17, 15) is 8.42 Å². The van der Waals surface area contributed by atoms with Crippen LogP contribution in [0.2, 0.25) is 0 Å². The van der Waals surface area contributed by atoms with Crippen molar-refractivity contribution >= 4 is 21.4 Å². The van der Waals surface area contributed by atoms with Crippen molar-refractivity contribution in [1.29, 1.82) is 0 Å². The van der Waals surface area contributed by atoms with Crippen molar-refractivity contribution in [1.82, 2.24) is 9.62 Å². The predicted octanol–water partition coefficient (Wildman–Crippen LogP) is 3.26. The Kier molecular flexibility index (Phi) is 6.34. The highest BCUT2D eigenvalue weighted by atomic mass is 32.2. The lowest BCUT2D eigenvalue weighted by Gasteiger charge is -2.31. The van der Waals surface area contributed by atoms with E-state index in [4.69, 9.17) is 4.74 Å². The second-order valence-electron chi connectivity index (χ2n) is 6.83. The van der Waals surface area contributed by atoms with Crippen LogP contribution in [0, 0.1) is 12.8 Å². The Morgan fingerprint density at radius 3 is 2.65 bits per heavy atom. The number of hydrogen-bond acceptors (Lipinski definition) is 5. The van der Waals surface area contributed by atoms with Gasteiger partial charge in [0.05, 0.1) is 12.0 Å². The van der Waals surface area contributed by atoms with Crippen LogP contribution in [0.15, 0.2) is 39.9 Å². The molecule has 1 fully saturated rings. The average molecular weight is 395 g/mol. The molecule has 3 rings (SSSR count). The zero-order valence-electron chi connectivity index (χ0n) is 15.3. The monoisotopic (exact) mass is 394 g/mol. The normalized spacial score (nSPS) is 16.7. The van der Waals surface area contributed by atoms with Crippen LogP contribution in [0.25, 0.3) is 0 Å². The summed E-state index contributed by atoms with van der Waals surface area (Å²) in [6, 6.07) is 7.21. The third-order valence-corrected chi connectivity index (χ3v) is 7.24. The van der Waals surface area contributed by atoms with Crippen molar-refractivity contribution in [2.45, 2.75) is 31.2 Å². The van der Waals surface area contributed by atoms with Gasteiger partial charge in [0.15, 0.2) is 0 Å². The lowest BCUT2D eigenvalue weighted by atomic mass is 9.97. The third kappa shape index (κ3) is 4.85. The fourth-order valence-electron chi connectivity index (χ4n) is 3.35. The Hall–Kier alpha value is -1.41. The van der Waals surface area contributed by atoms with Crippen LogP contribution in [0.4, 0.5) is 0 Å². The number of nitrogens with zero attached hydrogens (tertiary/aromatic N) is 1. The maximum absolute atomic E-state index is 12.6. The summed E-state index contributed by atoms with van der Waals surface area (Å²) in [5, 5.41) is 4.30. The van der Waals surface area contributed by atoms with Crippen molar-refractivity contribution in [3.05, 3.63) is 46.2 Å². The third-order valence-electron chi connectivity index (χ3n) is 4.93. The van der Waals surface area contributed by atoms with Gasteiger partial charge in [0.2, 0.25) is 10.0 Å². The molecule has 0 atom stereocenters. The number of aryl methyl sites for hydroxylation is 1. The number of hydrogen-bond donors (Lipinski definition) is 1. The first kappa shape index (κ1) is 19.4. The summed E-state index contributed by atoms with van der Waals surface area (Å²) in [7, 11) is -1.91. The summed E-state index contributed by atoms with van der Waals surface area (Å²) in [5.41, 5.74) is 2.06. The molecule has 0 spiro atoms. The molecule has 2 heterocycles. The van der Waals surface area contributed by atoms with Gasteiger partial charge in [-0.3, -0.25) is 4.90 Å². The van der Waals surface area contributed by atoms with Crippen molar-refractivity contribution in [2.24, 2.45) is 5.92 Å². The molecule has 2 aromatic rings. The minimum Gasteiger partial charge on any atom is -0.497 e. The predicted molar refractivity (Wildman–Crippen MR) is 105 cm³/mol. The summed E-state index contributed by atoms with van der Waals surface area (Å²) < 4.78 is 33.2. The molecule has 1 aromatic heterocycles. The number of nitrogens with one attached hydrogen (secondary N) is 1. The molecule has 1 aliphatic heterocycles. The molecule has 7 heteroatoms. The van der Waals surface area contributed by atoms with Gasteiger partial charge in [0.1, 0.15) is 5.75 Å². The standard InChI is InChI=1S/C19H26N2O3S2/c1-15-11-18(24-2)3-4-19(15)26(22,23)20-12-16-5-8-21(9-6-16)13-17-7-10-25-14-17/h3-4,7,10-11,14,16,20H,5-6,8-9,12-13H2,1-2H3. The Morgan fingerprint density at radius 1 is 1.27 bits per heavy atom. The molecule has 0 aliphatic carbocycles. The van der Waals surface area contributed by atoms with Gasteiger partial charge in [-0.1, -0.05) is 0 Å². The SMILES string of the molecule is COc1ccc(S(=O)(=O)NCC2CCN(Cc3ccsc3)CC2)c(C)c1. The topological polar surface area (TPSA) is 58.6 Å². The Labute approximate surface area is 160 Å². The molecule has 0 saturated carbocycles. The number of piperidine rings is 1. The van der Waals surface area contributed by atoms with E-state index in [1.807, 2.05) is 0 Å². The van der Waals surface area contributed by atoms with Gasteiger partial charge in [0, 0.05) is 13.1 Å². The van der Waals surface area contributed by atoms with Crippen LogP contribution in [-0.2, 0) is 16.6 Å². The number of ether oxygens (including phenoxy) is 1. The largest absolute Gasteiger partial charge is 0.497 e. The number of sulfonamides is 1. The van der Waals surface area contributed by atoms with Crippen LogP contribution in [0.3, 0.4) is 0 Å². The minimum atomic E-state index is -3.49. The van der Waals surface area contributed by atoms with Gasteiger partial charge in [-0.25, -0.2) is 13.1 Å². The van der Waals surface area contributed by atoms with Gasteiger partial charge in [0.25, 0.3) is 0 Å². The molecule has 1 aliphatic rings. The average Bonchev–Trinajstić information content (AvgIpc) is 3.14. The zero-order valence-corrected chi connectivity index (χ0v) is 16.9. The van der Waals surface area contributed by atoms with Crippen molar-refractivity contribution in [3.63, 3.8) is 0 Å². The first-order chi connectivity index (χ1) is 12.5. The number of thiophene rings is 1. The highest BCUT2D eigenvalue weighted by Crippen LogP contribution is 2.23. The van der Waals surface area contributed by atoms with E-state index >= 15 is 0 Å². The molecule has 1 N–H and O–H groups in total. The fraction of sp³-hybridized carbons (Fsp3) is 0.474. The first-order valence-corrected chi connectivity index (χ1v) is 11.3. The summed E-state index contributed by atoms with van der Waals surface area (Å²) in [6.07, 6.45) is 2.04. The number of rotatable bonds is 7. The van der Waals surface area contributed by atoms with Crippen LogP contribution >= 0.6 is 11.3 Å². The van der Waals surface area contributed by atoms with Gasteiger partial charge in [-0.2, -0.15) is 11.3 Å². The van der Waals surface area contributed by atoms with E-state index in [-0.39, 0.29) is 0 Å². The molecule has 1 aromatic carbocycles. The smallest absolute Gasteiger partial charge is 0.240 e. The molecule has 142 valence electrons. The highest BCUT2D eigenvalue weighted by Gasteiger charge is 2.23. The van der Waals surface area contributed by atoms with E-state index in [0.29, 0.717) is 28.7 Å². The van der Waals surface area contributed by atoms with E-state index in [0.717, 1.165) is 32.5 Å². The van der Waals surface area contributed by atoms with E-state index < -0.39 is 10.0 Å². The van der Waals surface area contributed by atoms with E-state index in [1.54, 1.807) is 43.6 Å². The molecule has 0 unspecified atom stereocenters. The van der Waals surface area contributed by atoms with E-state index in [2.05, 4.69) is 26.4 Å². The van der Waals surface area contributed by atoms with Gasteiger partial charge in [-0.15, -0.1) is 0 Å². The maximum atomic E-state index is 12.6. The summed E-state index contributed by atoms with van der Waals surface area (Å²) in [4.78, 5) is 2.77. The molecule has 26 heavy (non-hydrogen) atoms. The van der Waals surface area contributed by atoms with Gasteiger partial charge < -0.3 is 4.74 Å². The van der Waals surface area contributed by atoms with E-state index in [1.165, 1.54) is 5.56 Å². The Balaban J connectivity index is 1.51. The second-order valence-corrected chi connectivity index (χ2v) is 9.35. The Bertz CT molecular complexity index is 811. The quantitative estimate of drug-likeness (QED) is 0.783. The molecule has 0 bridgehead atoms. The number of benzene rings is 1. The van der Waals surface area contributed by atoms with Crippen LogP contribution < -0.4 is 9.46 Å². The number of methoxy groups -OCH3 is 1.